The summed E-state index contributed by atoms with van der Waals surface area (Å²) >= 11 is 1.59. The zero-order chi connectivity index (χ0) is 20.5. The van der Waals surface area contributed by atoms with Crippen molar-refractivity contribution in [2.75, 3.05) is 33.6 Å². The lowest BCUT2D eigenvalue weighted by Gasteiger charge is -2.21. The van der Waals surface area contributed by atoms with Crippen molar-refractivity contribution in [1.29, 1.82) is 0 Å². The maximum atomic E-state index is 12.5. The van der Waals surface area contributed by atoms with Gasteiger partial charge in [-0.2, -0.15) is 0 Å². The Bertz CT molecular complexity index is 807. The summed E-state index contributed by atoms with van der Waals surface area (Å²) in [6, 6.07) is 12.6. The highest BCUT2D eigenvalue weighted by Crippen LogP contribution is 2.28. The van der Waals surface area contributed by atoms with Gasteiger partial charge in [0.15, 0.2) is 18.1 Å². The Morgan fingerprint density at radius 2 is 1.68 bits per heavy atom. The summed E-state index contributed by atoms with van der Waals surface area (Å²) in [5.74, 6) is 0.459. The van der Waals surface area contributed by atoms with Gasteiger partial charge in [0.1, 0.15) is 0 Å². The number of ether oxygens (including phenoxy) is 3. The summed E-state index contributed by atoms with van der Waals surface area (Å²) in [7, 11) is 3.14. The van der Waals surface area contributed by atoms with Gasteiger partial charge >= 0.3 is 5.97 Å². The number of likely N-dealkylation sites (N-methyl/N-ethyl adjacent to an activating group) is 1. The van der Waals surface area contributed by atoms with Crippen molar-refractivity contribution in [3.63, 3.8) is 0 Å². The number of nitrogens with zero attached hydrogens (tertiary/aromatic N) is 1. The number of hydrogen-bond acceptors (Lipinski definition) is 6. The summed E-state index contributed by atoms with van der Waals surface area (Å²) in [6.07, 6.45) is 1.96. The van der Waals surface area contributed by atoms with Crippen LogP contribution in [0.2, 0.25) is 0 Å². The molecule has 0 saturated carbocycles. The molecule has 0 N–H and O–H groups in total. The predicted octanol–water partition coefficient (Wildman–Crippen LogP) is 3.63. The Balaban J connectivity index is 1.96. The third-order valence-corrected chi connectivity index (χ3v) is 4.95. The van der Waals surface area contributed by atoms with Crippen molar-refractivity contribution in [2.45, 2.75) is 18.4 Å². The molecule has 0 saturated heterocycles. The first-order chi connectivity index (χ1) is 13.5. The molecule has 150 valence electrons. The van der Waals surface area contributed by atoms with Crippen LogP contribution in [0.4, 0.5) is 0 Å². The van der Waals surface area contributed by atoms with E-state index in [-0.39, 0.29) is 12.5 Å². The van der Waals surface area contributed by atoms with E-state index in [1.165, 1.54) is 0 Å². The van der Waals surface area contributed by atoms with Crippen molar-refractivity contribution in [2.24, 2.45) is 0 Å². The first kappa shape index (κ1) is 21.6. The van der Waals surface area contributed by atoms with Crippen molar-refractivity contribution >= 4 is 23.6 Å². The van der Waals surface area contributed by atoms with Gasteiger partial charge in [-0.3, -0.25) is 4.79 Å². The fourth-order valence-corrected chi connectivity index (χ4v) is 3.01. The highest BCUT2D eigenvalue weighted by molar-refractivity contribution is 7.98. The second-order valence-corrected chi connectivity index (χ2v) is 6.78. The number of esters is 1. The number of carbonyl (C=O) groups is 2. The second kappa shape index (κ2) is 10.6. The molecule has 1 amide bonds. The van der Waals surface area contributed by atoms with Crippen molar-refractivity contribution < 1.29 is 23.8 Å². The first-order valence-corrected chi connectivity index (χ1v) is 10.0. The van der Waals surface area contributed by atoms with Crippen LogP contribution in [0.25, 0.3) is 0 Å². The van der Waals surface area contributed by atoms with Crippen molar-refractivity contribution in [1.82, 2.24) is 4.90 Å². The summed E-state index contributed by atoms with van der Waals surface area (Å²) < 4.78 is 15.7. The third kappa shape index (κ3) is 5.66. The second-order valence-electron chi connectivity index (χ2n) is 5.90. The van der Waals surface area contributed by atoms with Crippen LogP contribution in [0.15, 0.2) is 47.4 Å². The van der Waals surface area contributed by atoms with Crippen LogP contribution in [0.3, 0.4) is 0 Å². The van der Waals surface area contributed by atoms with Crippen LogP contribution in [0.5, 0.6) is 11.5 Å². The molecule has 6 nitrogen and oxygen atoms in total. The zero-order valence-corrected chi connectivity index (χ0v) is 17.4. The van der Waals surface area contributed by atoms with Crippen LogP contribution >= 0.6 is 11.8 Å². The van der Waals surface area contributed by atoms with Crippen molar-refractivity contribution in [3.8, 4) is 11.5 Å². The molecular weight excluding hydrogens is 378 g/mol. The molecule has 28 heavy (non-hydrogen) atoms. The molecule has 7 heteroatoms. The topological polar surface area (TPSA) is 65.1 Å². The molecule has 0 fully saturated rings. The largest absolute Gasteiger partial charge is 0.493 e. The molecular formula is C21H25NO5S. The zero-order valence-electron chi connectivity index (χ0n) is 16.6. The summed E-state index contributed by atoms with van der Waals surface area (Å²) in [5, 5.41) is 0. The summed E-state index contributed by atoms with van der Waals surface area (Å²) in [6.45, 7) is 2.45. The molecule has 2 aromatic carbocycles. The molecule has 0 aliphatic heterocycles. The highest BCUT2D eigenvalue weighted by Gasteiger charge is 2.16. The van der Waals surface area contributed by atoms with Crippen LogP contribution in [0, 0.1) is 0 Å². The Hall–Kier alpha value is -2.67. The molecule has 0 heterocycles. The lowest BCUT2D eigenvalue weighted by Crippen LogP contribution is -2.34. The maximum Gasteiger partial charge on any atom is 0.338 e. The number of methoxy groups -OCH3 is 2. The van der Waals surface area contributed by atoms with E-state index in [0.717, 1.165) is 10.5 Å². The van der Waals surface area contributed by atoms with E-state index in [9.17, 15) is 9.59 Å². The lowest BCUT2D eigenvalue weighted by molar-refractivity contribution is -0.134. The fourth-order valence-electron chi connectivity index (χ4n) is 2.60. The monoisotopic (exact) mass is 403 g/mol. The molecule has 2 aromatic rings. The van der Waals surface area contributed by atoms with Gasteiger partial charge < -0.3 is 19.1 Å². The minimum atomic E-state index is -0.511. The standard InChI is InChI=1S/C21H25NO5S/c1-5-22(13-15-6-11-18(25-2)19(12-15)26-3)20(23)14-27-21(24)16-7-9-17(28-4)10-8-16/h6-12H,5,13-14H2,1-4H3. The number of amides is 1. The van der Waals surface area contributed by atoms with Gasteiger partial charge in [0.05, 0.1) is 19.8 Å². The minimum Gasteiger partial charge on any atom is -0.493 e. The predicted molar refractivity (Wildman–Crippen MR) is 109 cm³/mol. The van der Waals surface area contributed by atoms with E-state index in [1.807, 2.05) is 37.4 Å². The summed E-state index contributed by atoms with van der Waals surface area (Å²) in [4.78, 5) is 27.3. The number of carbonyl (C=O) groups excluding carboxylic acids is 2. The van der Waals surface area contributed by atoms with Gasteiger partial charge in [-0.25, -0.2) is 4.79 Å². The van der Waals surface area contributed by atoms with Crippen LogP contribution in [-0.4, -0.2) is 50.4 Å². The third-order valence-electron chi connectivity index (χ3n) is 4.21. The molecule has 0 radical (unpaired) electrons. The van der Waals surface area contributed by atoms with Crippen LogP contribution in [0.1, 0.15) is 22.8 Å². The van der Waals surface area contributed by atoms with E-state index >= 15 is 0 Å². The number of benzene rings is 2. The maximum absolute atomic E-state index is 12.5. The molecule has 0 bridgehead atoms. The number of hydrogen-bond donors (Lipinski definition) is 0. The smallest absolute Gasteiger partial charge is 0.338 e. The van der Waals surface area contributed by atoms with E-state index < -0.39 is 5.97 Å². The van der Waals surface area contributed by atoms with Gasteiger partial charge in [-0.1, -0.05) is 6.07 Å². The van der Waals surface area contributed by atoms with Gasteiger partial charge in [0.2, 0.25) is 0 Å². The van der Waals surface area contributed by atoms with Crippen molar-refractivity contribution in [3.05, 3.63) is 53.6 Å². The van der Waals surface area contributed by atoms with Gasteiger partial charge in [-0.05, 0) is 55.1 Å². The molecule has 0 unspecified atom stereocenters. The quantitative estimate of drug-likeness (QED) is 0.471. The van der Waals surface area contributed by atoms with Crippen LogP contribution < -0.4 is 9.47 Å². The highest BCUT2D eigenvalue weighted by atomic mass is 32.2. The number of thioether (sulfide) groups is 1. The van der Waals surface area contributed by atoms with Gasteiger partial charge in [0, 0.05) is 18.0 Å². The molecule has 0 aliphatic rings. The molecule has 0 aliphatic carbocycles. The average molecular weight is 404 g/mol. The SMILES string of the molecule is CCN(Cc1ccc(OC)c(OC)c1)C(=O)COC(=O)c1ccc(SC)cc1. The molecule has 0 spiro atoms. The molecule has 0 atom stereocenters. The molecule has 0 aromatic heterocycles. The average Bonchev–Trinajstić information content (AvgIpc) is 2.75. The fraction of sp³-hybridized carbons (Fsp3) is 0.333. The Labute approximate surface area is 169 Å². The Morgan fingerprint density at radius 1 is 1.00 bits per heavy atom. The minimum absolute atomic E-state index is 0.258. The Kier molecular flexibility index (Phi) is 8.19. The Morgan fingerprint density at radius 3 is 2.25 bits per heavy atom. The van der Waals surface area contributed by atoms with E-state index in [2.05, 4.69) is 0 Å². The lowest BCUT2D eigenvalue weighted by atomic mass is 10.2. The van der Waals surface area contributed by atoms with E-state index in [0.29, 0.717) is 30.2 Å². The number of rotatable bonds is 9. The van der Waals surface area contributed by atoms with E-state index in [4.69, 9.17) is 14.2 Å². The van der Waals surface area contributed by atoms with E-state index in [1.54, 1.807) is 49.1 Å². The van der Waals surface area contributed by atoms with Crippen LogP contribution in [-0.2, 0) is 16.1 Å². The summed E-state index contributed by atoms with van der Waals surface area (Å²) in [5.41, 5.74) is 1.32. The first-order valence-electron chi connectivity index (χ1n) is 8.82. The normalized spacial score (nSPS) is 10.3. The molecule has 2 rings (SSSR count). The van der Waals surface area contributed by atoms with Gasteiger partial charge in [-0.15, -0.1) is 11.8 Å². The van der Waals surface area contributed by atoms with Gasteiger partial charge in [0.25, 0.3) is 5.91 Å².